The van der Waals surface area contributed by atoms with E-state index in [0.717, 1.165) is 11.3 Å². The van der Waals surface area contributed by atoms with E-state index in [4.69, 9.17) is 16.3 Å². The quantitative estimate of drug-likeness (QED) is 0.493. The van der Waals surface area contributed by atoms with Crippen molar-refractivity contribution in [1.29, 1.82) is 0 Å². The van der Waals surface area contributed by atoms with Crippen molar-refractivity contribution < 1.29 is 4.74 Å². The maximum atomic E-state index is 6.17. The second-order valence-electron chi connectivity index (χ2n) is 4.01. The molecule has 2 aromatic heterocycles. The van der Waals surface area contributed by atoms with Gasteiger partial charge in [-0.15, -0.1) is 0 Å². The Hall–Kier alpha value is -1.17. The molecule has 4 nitrogen and oxygen atoms in total. The minimum absolute atomic E-state index is 0.413. The molecule has 2 heterocycles. The summed E-state index contributed by atoms with van der Waals surface area (Å²) in [6, 6.07) is 5.54. The predicted molar refractivity (Wildman–Crippen MR) is 76.5 cm³/mol. The van der Waals surface area contributed by atoms with E-state index >= 15 is 0 Å². The largest absolute Gasteiger partial charge is 0.367 e. The Morgan fingerprint density at radius 2 is 2.05 bits per heavy atom. The van der Waals surface area contributed by atoms with Crippen LogP contribution in [0.5, 0.6) is 0 Å². The molecule has 6 heteroatoms. The van der Waals surface area contributed by atoms with E-state index in [1.165, 1.54) is 11.8 Å². The Labute approximate surface area is 121 Å². The maximum absolute atomic E-state index is 6.17. The van der Waals surface area contributed by atoms with Gasteiger partial charge in [0.2, 0.25) is 0 Å². The molecule has 0 aliphatic carbocycles. The molecule has 0 saturated heterocycles. The molecule has 0 aromatic carbocycles. The molecule has 0 N–H and O–H groups in total. The molecule has 0 aliphatic rings. The molecule has 0 bridgehead atoms. The van der Waals surface area contributed by atoms with Crippen molar-refractivity contribution in [1.82, 2.24) is 15.0 Å². The van der Waals surface area contributed by atoms with Gasteiger partial charge in [0.25, 0.3) is 0 Å². The summed E-state index contributed by atoms with van der Waals surface area (Å²) in [6.07, 6.45) is 5.30. The van der Waals surface area contributed by atoms with Crippen molar-refractivity contribution in [2.45, 2.75) is 17.7 Å². The number of hydrogen-bond acceptors (Lipinski definition) is 5. The van der Waals surface area contributed by atoms with Gasteiger partial charge in [0.15, 0.2) is 5.16 Å². The number of thioether (sulfide) groups is 1. The number of ether oxygens (including phenoxy) is 1. The average molecular weight is 296 g/mol. The second kappa shape index (κ2) is 5.86. The van der Waals surface area contributed by atoms with Crippen LogP contribution in [0, 0.1) is 0 Å². The van der Waals surface area contributed by atoms with Crippen molar-refractivity contribution in [2.75, 3.05) is 13.4 Å². The fourth-order valence-corrected chi connectivity index (χ4v) is 2.45. The van der Waals surface area contributed by atoms with Gasteiger partial charge in [0.1, 0.15) is 10.8 Å². The third kappa shape index (κ3) is 2.73. The number of nitrogens with zero attached hydrogens (tertiary/aromatic N) is 3. The van der Waals surface area contributed by atoms with Gasteiger partial charge >= 0.3 is 0 Å². The molecule has 100 valence electrons. The van der Waals surface area contributed by atoms with Crippen LogP contribution in [0.3, 0.4) is 0 Å². The van der Waals surface area contributed by atoms with Gasteiger partial charge in [-0.3, -0.25) is 0 Å². The average Bonchev–Trinajstić information content (AvgIpc) is 2.47. The number of halogens is 1. The van der Waals surface area contributed by atoms with Crippen LogP contribution >= 0.6 is 23.4 Å². The first-order valence-corrected chi connectivity index (χ1v) is 7.25. The normalized spacial score (nSPS) is 14.1. The number of aromatic nitrogens is 3. The van der Waals surface area contributed by atoms with Crippen LogP contribution in [0.1, 0.15) is 18.2 Å². The van der Waals surface area contributed by atoms with Gasteiger partial charge in [-0.1, -0.05) is 29.4 Å². The van der Waals surface area contributed by atoms with E-state index in [9.17, 15) is 0 Å². The lowest BCUT2D eigenvalue weighted by Crippen LogP contribution is -2.28. The monoisotopic (exact) mass is 295 g/mol. The SMILES string of the molecule is COC(C)(c1ccnc(SC)n1)c1cccnc1Cl. The summed E-state index contributed by atoms with van der Waals surface area (Å²) in [5, 5.41) is 1.11. The zero-order valence-electron chi connectivity index (χ0n) is 10.9. The Bertz CT molecular complexity index is 581. The third-order valence-electron chi connectivity index (χ3n) is 2.99. The van der Waals surface area contributed by atoms with Gasteiger partial charge < -0.3 is 4.74 Å². The van der Waals surface area contributed by atoms with Crippen molar-refractivity contribution in [3.8, 4) is 0 Å². The first-order valence-electron chi connectivity index (χ1n) is 5.65. The van der Waals surface area contributed by atoms with Crippen LogP contribution in [0.2, 0.25) is 5.15 Å². The molecule has 1 atom stereocenters. The topological polar surface area (TPSA) is 47.9 Å². The smallest absolute Gasteiger partial charge is 0.187 e. The molecule has 0 saturated carbocycles. The fourth-order valence-electron chi connectivity index (χ4n) is 1.80. The van der Waals surface area contributed by atoms with Gasteiger partial charge in [-0.05, 0) is 25.3 Å². The number of pyridine rings is 1. The highest BCUT2D eigenvalue weighted by Crippen LogP contribution is 2.35. The summed E-state index contributed by atoms with van der Waals surface area (Å²) in [4.78, 5) is 12.8. The van der Waals surface area contributed by atoms with Crippen molar-refractivity contribution in [3.05, 3.63) is 47.0 Å². The standard InChI is InChI=1S/C13H14ClN3OS/c1-13(18-2,9-5-4-7-15-11(9)14)10-6-8-16-12(17-10)19-3/h4-8H,1-3H3. The summed E-state index contributed by atoms with van der Waals surface area (Å²) in [5.41, 5.74) is 0.785. The van der Waals surface area contributed by atoms with E-state index in [1.807, 2.05) is 31.4 Å². The number of rotatable bonds is 4. The Morgan fingerprint density at radius 3 is 2.68 bits per heavy atom. The van der Waals surface area contributed by atoms with Crippen LogP contribution in [0.4, 0.5) is 0 Å². The third-order valence-corrected chi connectivity index (χ3v) is 3.85. The van der Waals surface area contributed by atoms with E-state index in [-0.39, 0.29) is 0 Å². The lowest BCUT2D eigenvalue weighted by atomic mass is 9.93. The molecule has 0 aliphatic heterocycles. The summed E-state index contributed by atoms with van der Waals surface area (Å²) < 4.78 is 5.67. The molecule has 0 radical (unpaired) electrons. The fraction of sp³-hybridized carbons (Fsp3) is 0.308. The van der Waals surface area contributed by atoms with Crippen LogP contribution in [0.15, 0.2) is 35.7 Å². The molecule has 0 fully saturated rings. The van der Waals surface area contributed by atoms with Gasteiger partial charge in [0.05, 0.1) is 5.69 Å². The number of hydrogen-bond donors (Lipinski definition) is 0. The predicted octanol–water partition coefficient (Wildman–Crippen LogP) is 3.16. The highest BCUT2D eigenvalue weighted by molar-refractivity contribution is 7.98. The molecular formula is C13H14ClN3OS. The van der Waals surface area contributed by atoms with E-state index in [0.29, 0.717) is 10.3 Å². The minimum atomic E-state index is -0.751. The highest BCUT2D eigenvalue weighted by Gasteiger charge is 2.33. The van der Waals surface area contributed by atoms with E-state index in [2.05, 4.69) is 15.0 Å². The summed E-state index contributed by atoms with van der Waals surface area (Å²) in [5.74, 6) is 0. The molecular weight excluding hydrogens is 282 g/mol. The highest BCUT2D eigenvalue weighted by atomic mass is 35.5. The maximum Gasteiger partial charge on any atom is 0.187 e. The lowest BCUT2D eigenvalue weighted by molar-refractivity contribution is 0.0345. The molecule has 2 aromatic rings. The summed E-state index contributed by atoms with van der Waals surface area (Å²) >= 11 is 7.65. The molecule has 0 amide bonds. The Kier molecular flexibility index (Phi) is 4.39. The van der Waals surface area contributed by atoms with Crippen molar-refractivity contribution in [3.63, 3.8) is 0 Å². The zero-order valence-corrected chi connectivity index (χ0v) is 12.5. The minimum Gasteiger partial charge on any atom is -0.367 e. The van der Waals surface area contributed by atoms with Crippen molar-refractivity contribution in [2.24, 2.45) is 0 Å². The molecule has 19 heavy (non-hydrogen) atoms. The van der Waals surface area contributed by atoms with Gasteiger partial charge in [-0.2, -0.15) is 0 Å². The van der Waals surface area contributed by atoms with E-state index < -0.39 is 5.60 Å². The van der Waals surface area contributed by atoms with Crippen molar-refractivity contribution >= 4 is 23.4 Å². The van der Waals surface area contributed by atoms with E-state index in [1.54, 1.807) is 19.5 Å². The molecule has 1 unspecified atom stereocenters. The summed E-state index contributed by atoms with van der Waals surface area (Å²) in [6.45, 7) is 1.92. The van der Waals surface area contributed by atoms with Crippen LogP contribution in [-0.4, -0.2) is 28.3 Å². The second-order valence-corrected chi connectivity index (χ2v) is 5.14. The van der Waals surface area contributed by atoms with Crippen LogP contribution in [0.25, 0.3) is 0 Å². The zero-order chi connectivity index (χ0) is 13.9. The van der Waals surface area contributed by atoms with Gasteiger partial charge in [0, 0.05) is 25.1 Å². The molecule has 2 rings (SSSR count). The van der Waals surface area contributed by atoms with Crippen LogP contribution in [-0.2, 0) is 10.3 Å². The first kappa shape index (κ1) is 14.2. The number of methoxy groups -OCH3 is 1. The first-order chi connectivity index (χ1) is 9.11. The summed E-state index contributed by atoms with van der Waals surface area (Å²) in [7, 11) is 1.63. The van der Waals surface area contributed by atoms with Gasteiger partial charge in [-0.25, -0.2) is 15.0 Å². The van der Waals surface area contributed by atoms with Crippen LogP contribution < -0.4 is 0 Å². The molecule has 0 spiro atoms. The Morgan fingerprint density at radius 1 is 1.26 bits per heavy atom. The lowest BCUT2D eigenvalue weighted by Gasteiger charge is -2.28. The Balaban J connectivity index is 2.56.